The molecular formula is C16H23ClN4O. The molecule has 1 aliphatic rings. The fourth-order valence-corrected chi connectivity index (χ4v) is 3.00. The molecule has 3 rings (SSSR count). The number of fused-ring (bicyclic) bond motifs is 1. The molecule has 2 aromatic rings. The van der Waals surface area contributed by atoms with Crippen LogP contribution in [0.15, 0.2) is 29.2 Å². The molecule has 22 heavy (non-hydrogen) atoms. The van der Waals surface area contributed by atoms with Crippen LogP contribution in [0.3, 0.4) is 0 Å². The highest BCUT2D eigenvalue weighted by Crippen LogP contribution is 2.29. The zero-order chi connectivity index (χ0) is 15.0. The van der Waals surface area contributed by atoms with Crippen molar-refractivity contribution in [2.75, 3.05) is 19.6 Å². The Morgan fingerprint density at radius 2 is 2.18 bits per heavy atom. The van der Waals surface area contributed by atoms with Crippen molar-refractivity contribution in [1.29, 1.82) is 0 Å². The molecular weight excluding hydrogens is 300 g/mol. The van der Waals surface area contributed by atoms with Crippen LogP contribution >= 0.6 is 12.4 Å². The number of nitrogens with two attached hydrogens (primary N) is 1. The molecule has 120 valence electrons. The van der Waals surface area contributed by atoms with Crippen LogP contribution in [0.2, 0.25) is 0 Å². The van der Waals surface area contributed by atoms with Gasteiger partial charge < -0.3 is 5.73 Å². The van der Waals surface area contributed by atoms with E-state index in [4.69, 9.17) is 5.73 Å². The van der Waals surface area contributed by atoms with Gasteiger partial charge in [0, 0.05) is 25.4 Å². The van der Waals surface area contributed by atoms with Gasteiger partial charge in [-0.25, -0.2) is 4.98 Å². The van der Waals surface area contributed by atoms with Crippen LogP contribution in [0.1, 0.15) is 24.6 Å². The summed E-state index contributed by atoms with van der Waals surface area (Å²) in [5, 5.41) is 0. The van der Waals surface area contributed by atoms with Crippen molar-refractivity contribution in [2.45, 2.75) is 26.8 Å². The Balaban J connectivity index is 0.00000176. The van der Waals surface area contributed by atoms with E-state index in [0.29, 0.717) is 12.2 Å². The Kier molecular flexibility index (Phi) is 4.90. The lowest BCUT2D eigenvalue weighted by Gasteiger charge is -2.22. The van der Waals surface area contributed by atoms with Crippen LogP contribution < -0.4 is 11.3 Å². The van der Waals surface area contributed by atoms with Gasteiger partial charge in [0.2, 0.25) is 0 Å². The first-order valence-corrected chi connectivity index (χ1v) is 7.40. The van der Waals surface area contributed by atoms with Gasteiger partial charge in [-0.15, -0.1) is 12.4 Å². The summed E-state index contributed by atoms with van der Waals surface area (Å²) in [4.78, 5) is 19.1. The molecule has 1 unspecified atom stereocenters. The van der Waals surface area contributed by atoms with Gasteiger partial charge in [-0.05, 0) is 43.5 Å². The van der Waals surface area contributed by atoms with Crippen LogP contribution in [0.4, 0.5) is 0 Å². The van der Waals surface area contributed by atoms with Crippen molar-refractivity contribution in [3.63, 3.8) is 0 Å². The molecule has 1 aliphatic heterocycles. The maximum absolute atomic E-state index is 12.2. The van der Waals surface area contributed by atoms with Crippen LogP contribution in [0.25, 0.3) is 5.65 Å². The first-order valence-electron chi connectivity index (χ1n) is 7.40. The molecule has 2 N–H and O–H groups in total. The largest absolute Gasteiger partial charge is 0.330 e. The summed E-state index contributed by atoms with van der Waals surface area (Å²) >= 11 is 0. The summed E-state index contributed by atoms with van der Waals surface area (Å²) in [7, 11) is 0. The third-order valence-corrected chi connectivity index (χ3v) is 4.38. The minimum absolute atomic E-state index is 0. The molecule has 3 heterocycles. The van der Waals surface area contributed by atoms with E-state index >= 15 is 0 Å². The topological polar surface area (TPSA) is 63.6 Å². The van der Waals surface area contributed by atoms with Gasteiger partial charge in [-0.3, -0.25) is 14.1 Å². The predicted octanol–water partition coefficient (Wildman–Crippen LogP) is 1.60. The first kappa shape index (κ1) is 16.9. The number of halogens is 1. The third kappa shape index (κ3) is 3.32. The number of rotatable bonds is 3. The van der Waals surface area contributed by atoms with E-state index in [-0.39, 0.29) is 23.4 Å². The number of pyridine rings is 1. The zero-order valence-electron chi connectivity index (χ0n) is 13.1. The minimum Gasteiger partial charge on any atom is -0.330 e. The number of nitrogens with zero attached hydrogens (tertiary/aromatic N) is 3. The molecule has 0 aromatic carbocycles. The van der Waals surface area contributed by atoms with Crippen molar-refractivity contribution in [2.24, 2.45) is 11.1 Å². The van der Waals surface area contributed by atoms with Crippen molar-refractivity contribution in [1.82, 2.24) is 14.3 Å². The third-order valence-electron chi connectivity index (χ3n) is 4.38. The van der Waals surface area contributed by atoms with Crippen molar-refractivity contribution < 1.29 is 0 Å². The number of aromatic nitrogens is 2. The van der Waals surface area contributed by atoms with Crippen LogP contribution in [0, 0.1) is 12.3 Å². The molecule has 0 saturated carbocycles. The molecule has 0 aliphatic carbocycles. The summed E-state index contributed by atoms with van der Waals surface area (Å²) in [6.07, 6.45) is 2.94. The summed E-state index contributed by atoms with van der Waals surface area (Å²) in [6, 6.07) is 5.52. The summed E-state index contributed by atoms with van der Waals surface area (Å²) in [6.45, 7) is 7.60. The van der Waals surface area contributed by atoms with E-state index in [1.807, 2.05) is 25.3 Å². The average molecular weight is 323 g/mol. The monoisotopic (exact) mass is 322 g/mol. The second kappa shape index (κ2) is 6.36. The normalized spacial score (nSPS) is 22.0. The molecule has 6 heteroatoms. The highest BCUT2D eigenvalue weighted by atomic mass is 35.5. The summed E-state index contributed by atoms with van der Waals surface area (Å²) in [5.41, 5.74) is 8.63. The van der Waals surface area contributed by atoms with Gasteiger partial charge in [0.1, 0.15) is 5.65 Å². The zero-order valence-corrected chi connectivity index (χ0v) is 13.9. The van der Waals surface area contributed by atoms with E-state index in [2.05, 4.69) is 16.8 Å². The SMILES string of the molecule is Cc1ccc2nc(CN3CCC(C)(CN)C3)cc(=O)n2c1.Cl. The molecule has 5 nitrogen and oxygen atoms in total. The quantitative estimate of drug-likeness (QED) is 0.932. The second-order valence-electron chi connectivity index (χ2n) is 6.50. The Bertz CT molecular complexity index is 730. The number of aryl methyl sites for hydroxylation is 1. The van der Waals surface area contributed by atoms with Gasteiger partial charge >= 0.3 is 0 Å². The van der Waals surface area contributed by atoms with E-state index in [1.54, 1.807) is 10.5 Å². The number of likely N-dealkylation sites (tertiary alicyclic amines) is 1. The Morgan fingerprint density at radius 1 is 1.41 bits per heavy atom. The minimum atomic E-state index is -0.0144. The number of hydrogen-bond acceptors (Lipinski definition) is 4. The first-order chi connectivity index (χ1) is 9.99. The summed E-state index contributed by atoms with van der Waals surface area (Å²) < 4.78 is 1.60. The molecule has 0 amide bonds. The Hall–Kier alpha value is -1.43. The molecule has 0 bridgehead atoms. The lowest BCUT2D eigenvalue weighted by atomic mass is 9.90. The van der Waals surface area contributed by atoms with Crippen LogP contribution in [-0.2, 0) is 6.54 Å². The fourth-order valence-electron chi connectivity index (χ4n) is 3.00. The molecule has 2 aromatic heterocycles. The maximum atomic E-state index is 12.2. The molecule has 1 saturated heterocycles. The van der Waals surface area contributed by atoms with Crippen molar-refractivity contribution in [3.8, 4) is 0 Å². The van der Waals surface area contributed by atoms with E-state index in [0.717, 1.165) is 37.3 Å². The Labute approximate surface area is 136 Å². The van der Waals surface area contributed by atoms with Crippen LogP contribution in [-0.4, -0.2) is 33.9 Å². The van der Waals surface area contributed by atoms with Crippen LogP contribution in [0.5, 0.6) is 0 Å². The lowest BCUT2D eigenvalue weighted by Crippen LogP contribution is -2.31. The Morgan fingerprint density at radius 3 is 2.86 bits per heavy atom. The average Bonchev–Trinajstić information content (AvgIpc) is 2.82. The van der Waals surface area contributed by atoms with Gasteiger partial charge in [-0.2, -0.15) is 0 Å². The van der Waals surface area contributed by atoms with E-state index < -0.39 is 0 Å². The highest BCUT2D eigenvalue weighted by Gasteiger charge is 2.32. The van der Waals surface area contributed by atoms with Gasteiger partial charge in [0.25, 0.3) is 5.56 Å². The van der Waals surface area contributed by atoms with E-state index in [1.165, 1.54) is 0 Å². The second-order valence-corrected chi connectivity index (χ2v) is 6.50. The smallest absolute Gasteiger partial charge is 0.258 e. The molecule has 1 fully saturated rings. The van der Waals surface area contributed by atoms with E-state index in [9.17, 15) is 4.79 Å². The standard InChI is InChI=1S/C16H22N4O.ClH/c1-12-3-4-14-18-13(7-15(21)20(14)8-12)9-19-6-5-16(2,10-17)11-19;/h3-4,7-8H,5-6,9-11,17H2,1-2H3;1H. The van der Waals surface area contributed by atoms with Crippen molar-refractivity contribution >= 4 is 18.1 Å². The van der Waals surface area contributed by atoms with Gasteiger partial charge in [0.05, 0.1) is 5.69 Å². The molecule has 0 spiro atoms. The summed E-state index contributed by atoms with van der Waals surface area (Å²) in [5.74, 6) is 0. The maximum Gasteiger partial charge on any atom is 0.258 e. The number of hydrogen-bond donors (Lipinski definition) is 1. The van der Waals surface area contributed by atoms with Gasteiger partial charge in [0.15, 0.2) is 0 Å². The molecule has 1 atom stereocenters. The lowest BCUT2D eigenvalue weighted by molar-refractivity contribution is 0.272. The van der Waals surface area contributed by atoms with Gasteiger partial charge in [-0.1, -0.05) is 13.0 Å². The molecule has 0 radical (unpaired) electrons. The fraction of sp³-hybridized carbons (Fsp3) is 0.500. The highest BCUT2D eigenvalue weighted by molar-refractivity contribution is 5.85. The van der Waals surface area contributed by atoms with Crippen molar-refractivity contribution in [3.05, 3.63) is 46.0 Å². The predicted molar refractivity (Wildman–Crippen MR) is 90.5 cm³/mol.